The molecule has 1 unspecified atom stereocenters. The molecule has 3 heterocycles. The van der Waals surface area contributed by atoms with Crippen molar-refractivity contribution in [3.05, 3.63) is 66.4 Å². The fourth-order valence-electron chi connectivity index (χ4n) is 4.63. The first-order chi connectivity index (χ1) is 17.7. The van der Waals surface area contributed by atoms with Crippen molar-refractivity contribution >= 4 is 21.7 Å². The lowest BCUT2D eigenvalue weighted by molar-refractivity contribution is 0.0981. The summed E-state index contributed by atoms with van der Waals surface area (Å²) in [6, 6.07) is 14.5. The van der Waals surface area contributed by atoms with Crippen LogP contribution in [0.1, 0.15) is 58.3 Å². The topological polar surface area (TPSA) is 111 Å². The zero-order valence-electron chi connectivity index (χ0n) is 22.6. The van der Waals surface area contributed by atoms with E-state index in [-0.39, 0.29) is 27.6 Å². The fraction of sp³-hybridized carbons (Fsp3) is 0.393. The second-order valence-corrected chi connectivity index (χ2v) is 12.8. The highest BCUT2D eigenvalue weighted by Gasteiger charge is 2.39. The SMILES string of the molecule is CC1CN(c2ncccc2C(=O)NS(=O)(=O)c2cccc(Oc3ccc(OC(C)(C)C)cc3)n2)C(C)(C)C1. The van der Waals surface area contributed by atoms with E-state index in [0.29, 0.717) is 23.2 Å². The lowest BCUT2D eigenvalue weighted by Crippen LogP contribution is -2.41. The molecule has 10 heteroatoms. The van der Waals surface area contributed by atoms with Gasteiger partial charge in [0, 0.05) is 24.3 Å². The van der Waals surface area contributed by atoms with Crippen LogP contribution in [0.25, 0.3) is 0 Å². The maximum atomic E-state index is 13.2. The summed E-state index contributed by atoms with van der Waals surface area (Å²) in [4.78, 5) is 23.8. The minimum absolute atomic E-state index is 0.0692. The Balaban J connectivity index is 1.51. The molecule has 9 nitrogen and oxygen atoms in total. The zero-order chi connectivity index (χ0) is 27.7. The summed E-state index contributed by atoms with van der Waals surface area (Å²) in [5.41, 5.74) is -0.369. The van der Waals surface area contributed by atoms with Crippen LogP contribution in [0.15, 0.2) is 65.8 Å². The molecule has 1 N–H and O–H groups in total. The summed E-state index contributed by atoms with van der Waals surface area (Å²) < 4.78 is 39.9. The van der Waals surface area contributed by atoms with E-state index in [4.69, 9.17) is 9.47 Å². The van der Waals surface area contributed by atoms with Gasteiger partial charge in [-0.3, -0.25) is 4.79 Å². The summed E-state index contributed by atoms with van der Waals surface area (Å²) in [5.74, 6) is 1.31. The van der Waals surface area contributed by atoms with Gasteiger partial charge >= 0.3 is 0 Å². The third-order valence-electron chi connectivity index (χ3n) is 6.03. The molecule has 0 bridgehead atoms. The first-order valence-electron chi connectivity index (χ1n) is 12.5. The number of carbonyl (C=O) groups excluding carboxylic acids is 1. The molecule has 1 amide bonds. The number of anilines is 1. The third-order valence-corrected chi connectivity index (χ3v) is 7.26. The molecular formula is C28H34N4O5S. The number of amides is 1. The lowest BCUT2D eigenvalue weighted by atomic mass is 9.97. The molecule has 1 aliphatic heterocycles. The molecule has 1 atom stereocenters. The van der Waals surface area contributed by atoms with Gasteiger partial charge in [-0.15, -0.1) is 0 Å². The van der Waals surface area contributed by atoms with Crippen LogP contribution >= 0.6 is 0 Å². The molecular weight excluding hydrogens is 504 g/mol. The van der Waals surface area contributed by atoms with Crippen molar-refractivity contribution in [1.82, 2.24) is 14.7 Å². The van der Waals surface area contributed by atoms with E-state index in [0.717, 1.165) is 13.0 Å². The van der Waals surface area contributed by atoms with Gasteiger partial charge in [-0.25, -0.2) is 9.71 Å². The number of pyridine rings is 2. The summed E-state index contributed by atoms with van der Waals surface area (Å²) >= 11 is 0. The highest BCUT2D eigenvalue weighted by Crippen LogP contribution is 2.37. The van der Waals surface area contributed by atoms with Gasteiger partial charge < -0.3 is 14.4 Å². The van der Waals surface area contributed by atoms with Crippen molar-refractivity contribution in [3.63, 3.8) is 0 Å². The normalized spacial score (nSPS) is 17.2. The second kappa shape index (κ2) is 10.2. The van der Waals surface area contributed by atoms with Crippen molar-refractivity contribution in [3.8, 4) is 17.4 Å². The summed E-state index contributed by atoms with van der Waals surface area (Å²) in [5, 5.41) is -0.336. The van der Waals surface area contributed by atoms with Gasteiger partial charge in [0.1, 0.15) is 22.9 Å². The van der Waals surface area contributed by atoms with Crippen molar-refractivity contribution in [2.45, 2.75) is 64.1 Å². The van der Waals surface area contributed by atoms with Gasteiger partial charge in [0.05, 0.1) is 5.56 Å². The van der Waals surface area contributed by atoms with E-state index in [9.17, 15) is 13.2 Å². The van der Waals surface area contributed by atoms with Crippen LogP contribution < -0.4 is 19.1 Å². The smallest absolute Gasteiger partial charge is 0.281 e. The summed E-state index contributed by atoms with van der Waals surface area (Å²) in [6.07, 6.45) is 2.54. The van der Waals surface area contributed by atoms with Crippen LogP contribution in [0.3, 0.4) is 0 Å². The molecule has 1 aromatic carbocycles. The number of benzene rings is 1. The van der Waals surface area contributed by atoms with Gasteiger partial charge in [-0.05, 0) is 89.4 Å². The molecule has 0 saturated carbocycles. The van der Waals surface area contributed by atoms with Crippen LogP contribution in [0.5, 0.6) is 17.4 Å². The fourth-order valence-corrected chi connectivity index (χ4v) is 5.56. The Bertz CT molecular complexity index is 1420. The number of carbonyl (C=O) groups is 1. The average molecular weight is 539 g/mol. The predicted molar refractivity (Wildman–Crippen MR) is 145 cm³/mol. The van der Waals surface area contributed by atoms with E-state index >= 15 is 0 Å². The maximum Gasteiger partial charge on any atom is 0.281 e. The second-order valence-electron chi connectivity index (χ2n) is 11.1. The van der Waals surface area contributed by atoms with Crippen LogP contribution in [0.4, 0.5) is 5.82 Å². The molecule has 0 radical (unpaired) electrons. The van der Waals surface area contributed by atoms with Crippen LogP contribution in [-0.2, 0) is 10.0 Å². The molecule has 1 fully saturated rings. The minimum atomic E-state index is -4.29. The standard InChI is InChI=1S/C28H34N4O5S/c1-19-17-28(5,6)32(18-19)25-22(9-8-16-29-25)26(33)31-38(34,35)24-11-7-10-23(30-24)36-20-12-14-21(15-13-20)37-27(2,3)4/h7-16,19H,17-18H2,1-6H3,(H,31,33). The summed E-state index contributed by atoms with van der Waals surface area (Å²) in [6.45, 7) is 12.9. The van der Waals surface area contributed by atoms with E-state index in [1.807, 2.05) is 20.8 Å². The molecule has 3 aromatic rings. The first kappa shape index (κ1) is 27.4. The maximum absolute atomic E-state index is 13.2. The molecule has 2 aromatic heterocycles. The van der Waals surface area contributed by atoms with E-state index in [1.54, 1.807) is 42.6 Å². The molecule has 202 valence electrons. The first-order valence-corrected chi connectivity index (χ1v) is 14.0. The largest absolute Gasteiger partial charge is 0.488 e. The van der Waals surface area contributed by atoms with Crippen molar-refractivity contribution in [2.75, 3.05) is 11.4 Å². The Morgan fingerprint density at radius 1 is 1.05 bits per heavy atom. The van der Waals surface area contributed by atoms with Gasteiger partial charge in [0.2, 0.25) is 5.88 Å². The number of aromatic nitrogens is 2. The van der Waals surface area contributed by atoms with Crippen molar-refractivity contribution in [2.24, 2.45) is 5.92 Å². The molecule has 4 rings (SSSR count). The Labute approximate surface area is 224 Å². The molecule has 1 saturated heterocycles. The molecule has 0 aliphatic carbocycles. The highest BCUT2D eigenvalue weighted by molar-refractivity contribution is 7.90. The van der Waals surface area contributed by atoms with Crippen LogP contribution in [0.2, 0.25) is 0 Å². The minimum Gasteiger partial charge on any atom is -0.488 e. The predicted octanol–water partition coefficient (Wildman–Crippen LogP) is 5.19. The molecule has 1 aliphatic rings. The number of sulfonamides is 1. The number of rotatable bonds is 7. The van der Waals surface area contributed by atoms with Gasteiger partial charge in [-0.1, -0.05) is 13.0 Å². The number of nitrogens with one attached hydrogen (secondary N) is 1. The Morgan fingerprint density at radius 2 is 1.74 bits per heavy atom. The van der Waals surface area contributed by atoms with Crippen LogP contribution in [0, 0.1) is 5.92 Å². The Kier molecular flexibility index (Phi) is 7.38. The monoisotopic (exact) mass is 538 g/mol. The molecule has 0 spiro atoms. The van der Waals surface area contributed by atoms with E-state index in [2.05, 4.69) is 40.4 Å². The average Bonchev–Trinajstić information content (AvgIpc) is 3.11. The lowest BCUT2D eigenvalue weighted by Gasteiger charge is -2.33. The molecule has 38 heavy (non-hydrogen) atoms. The van der Waals surface area contributed by atoms with E-state index < -0.39 is 15.9 Å². The van der Waals surface area contributed by atoms with Gasteiger partial charge in [0.15, 0.2) is 5.03 Å². The number of hydrogen-bond acceptors (Lipinski definition) is 8. The van der Waals surface area contributed by atoms with Crippen LogP contribution in [-0.4, -0.2) is 42.0 Å². The third kappa shape index (κ3) is 6.42. The highest BCUT2D eigenvalue weighted by atomic mass is 32.2. The van der Waals surface area contributed by atoms with Crippen molar-refractivity contribution < 1.29 is 22.7 Å². The van der Waals surface area contributed by atoms with Crippen molar-refractivity contribution in [1.29, 1.82) is 0 Å². The van der Waals surface area contributed by atoms with E-state index in [1.165, 1.54) is 18.2 Å². The van der Waals surface area contributed by atoms with Gasteiger partial charge in [0.25, 0.3) is 15.9 Å². The number of hydrogen-bond donors (Lipinski definition) is 1. The number of nitrogens with zero attached hydrogens (tertiary/aromatic N) is 3. The Hall–Kier alpha value is -3.66. The van der Waals surface area contributed by atoms with Gasteiger partial charge in [-0.2, -0.15) is 13.4 Å². The summed E-state index contributed by atoms with van der Waals surface area (Å²) in [7, 11) is -4.29. The number of ether oxygens (including phenoxy) is 2. The Morgan fingerprint density at radius 3 is 2.37 bits per heavy atom. The quantitative estimate of drug-likeness (QED) is 0.438. The zero-order valence-corrected chi connectivity index (χ0v) is 23.4.